The predicted molar refractivity (Wildman–Crippen MR) is 96.4 cm³/mol. The molecule has 0 bridgehead atoms. The van der Waals surface area contributed by atoms with Crippen molar-refractivity contribution in [2.45, 2.75) is 6.42 Å². The number of benzene rings is 2. The molecule has 4 aromatic rings. The lowest BCUT2D eigenvalue weighted by atomic mass is 10.1. The molecule has 0 amide bonds. The molecule has 8 heteroatoms. The van der Waals surface area contributed by atoms with E-state index in [9.17, 15) is 9.50 Å². The summed E-state index contributed by atoms with van der Waals surface area (Å²) in [5, 5.41) is 25.4. The van der Waals surface area contributed by atoms with E-state index in [0.717, 1.165) is 5.56 Å². The molecule has 0 aliphatic rings. The van der Waals surface area contributed by atoms with Gasteiger partial charge < -0.3 is 10.4 Å². The van der Waals surface area contributed by atoms with E-state index in [2.05, 4.69) is 20.6 Å². The molecule has 130 valence electrons. The van der Waals surface area contributed by atoms with Gasteiger partial charge in [0.2, 0.25) is 0 Å². The number of phenols is 1. The van der Waals surface area contributed by atoms with Crippen LogP contribution >= 0.6 is 11.6 Å². The molecule has 0 unspecified atom stereocenters. The fourth-order valence-electron chi connectivity index (χ4n) is 2.54. The molecule has 0 aliphatic carbocycles. The normalized spacial score (nSPS) is 11.0. The molecular weight excluding hydrogens is 357 g/mol. The standard InChI is InChI=1S/C18H13ClFN5O/c19-12-3-6-14(20)15(10-12)21-16-7-8-17-22-23-18(25(17)24-16)9-11-1-4-13(26)5-2-11/h1-8,10,26H,9H2,(H,21,24). The first-order valence-corrected chi connectivity index (χ1v) is 8.17. The Hall–Kier alpha value is -3.19. The lowest BCUT2D eigenvalue weighted by Gasteiger charge is -2.08. The van der Waals surface area contributed by atoms with Crippen LogP contribution in [0.2, 0.25) is 5.02 Å². The first-order valence-electron chi connectivity index (χ1n) is 7.80. The Kier molecular flexibility index (Phi) is 4.14. The van der Waals surface area contributed by atoms with Crippen molar-refractivity contribution in [2.75, 3.05) is 5.32 Å². The van der Waals surface area contributed by atoms with Crippen molar-refractivity contribution in [1.82, 2.24) is 19.8 Å². The second kappa shape index (κ2) is 6.61. The van der Waals surface area contributed by atoms with Crippen LogP contribution in [0.1, 0.15) is 11.4 Å². The van der Waals surface area contributed by atoms with E-state index >= 15 is 0 Å². The highest BCUT2D eigenvalue weighted by molar-refractivity contribution is 6.30. The van der Waals surface area contributed by atoms with Crippen LogP contribution in [-0.2, 0) is 6.42 Å². The summed E-state index contributed by atoms with van der Waals surface area (Å²) in [5.74, 6) is 0.837. The van der Waals surface area contributed by atoms with Crippen molar-refractivity contribution < 1.29 is 9.50 Å². The number of nitrogens with one attached hydrogen (secondary N) is 1. The SMILES string of the molecule is Oc1ccc(Cc2nnc3ccc(Nc4cc(Cl)ccc4F)nn23)cc1. The second-order valence-electron chi connectivity index (χ2n) is 5.70. The highest BCUT2D eigenvalue weighted by atomic mass is 35.5. The van der Waals surface area contributed by atoms with E-state index in [-0.39, 0.29) is 11.4 Å². The summed E-state index contributed by atoms with van der Waals surface area (Å²) in [6, 6.07) is 14.5. The maximum Gasteiger partial charge on any atom is 0.178 e. The summed E-state index contributed by atoms with van der Waals surface area (Å²) >= 11 is 5.92. The van der Waals surface area contributed by atoms with Gasteiger partial charge in [-0.25, -0.2) is 4.39 Å². The molecule has 0 spiro atoms. The highest BCUT2D eigenvalue weighted by Gasteiger charge is 2.10. The third kappa shape index (κ3) is 3.29. The number of fused-ring (bicyclic) bond motifs is 1. The summed E-state index contributed by atoms with van der Waals surface area (Å²) < 4.78 is 15.5. The Labute approximate surface area is 152 Å². The van der Waals surface area contributed by atoms with Crippen LogP contribution in [0.15, 0.2) is 54.6 Å². The lowest BCUT2D eigenvalue weighted by molar-refractivity contribution is 0.475. The zero-order valence-corrected chi connectivity index (χ0v) is 14.2. The Bertz CT molecular complexity index is 1080. The molecule has 6 nitrogen and oxygen atoms in total. The van der Waals surface area contributed by atoms with Gasteiger partial charge in [-0.3, -0.25) is 0 Å². The van der Waals surface area contributed by atoms with Crippen molar-refractivity contribution in [3.8, 4) is 5.75 Å². The molecule has 0 atom stereocenters. The Morgan fingerprint density at radius 3 is 2.65 bits per heavy atom. The minimum Gasteiger partial charge on any atom is -0.508 e. The monoisotopic (exact) mass is 369 g/mol. The van der Waals surface area contributed by atoms with Crippen molar-refractivity contribution in [2.24, 2.45) is 0 Å². The second-order valence-corrected chi connectivity index (χ2v) is 6.13. The van der Waals surface area contributed by atoms with Gasteiger partial charge >= 0.3 is 0 Å². The summed E-state index contributed by atoms with van der Waals surface area (Å²) in [7, 11) is 0. The minimum atomic E-state index is -0.427. The largest absolute Gasteiger partial charge is 0.508 e. The quantitative estimate of drug-likeness (QED) is 0.569. The molecule has 0 saturated carbocycles. The third-order valence-corrected chi connectivity index (χ3v) is 4.05. The van der Waals surface area contributed by atoms with E-state index in [4.69, 9.17) is 11.6 Å². The zero-order valence-electron chi connectivity index (χ0n) is 13.4. The zero-order chi connectivity index (χ0) is 18.1. The van der Waals surface area contributed by atoms with Gasteiger partial charge in [0.15, 0.2) is 17.3 Å². The number of rotatable bonds is 4. The number of nitrogens with zero attached hydrogens (tertiary/aromatic N) is 4. The molecule has 0 aliphatic heterocycles. The summed E-state index contributed by atoms with van der Waals surface area (Å²) in [6.45, 7) is 0. The van der Waals surface area contributed by atoms with Crippen LogP contribution in [0.3, 0.4) is 0 Å². The maximum absolute atomic E-state index is 13.9. The number of aromatic hydroxyl groups is 1. The van der Waals surface area contributed by atoms with Crippen LogP contribution < -0.4 is 5.32 Å². The third-order valence-electron chi connectivity index (χ3n) is 3.82. The topological polar surface area (TPSA) is 75.3 Å². The number of hydrogen-bond donors (Lipinski definition) is 2. The predicted octanol–water partition coefficient (Wildman–Crippen LogP) is 3.96. The average Bonchev–Trinajstić information content (AvgIpc) is 3.02. The molecule has 0 fully saturated rings. The highest BCUT2D eigenvalue weighted by Crippen LogP contribution is 2.23. The van der Waals surface area contributed by atoms with Crippen LogP contribution in [0.5, 0.6) is 5.75 Å². The van der Waals surface area contributed by atoms with Crippen molar-refractivity contribution in [1.29, 1.82) is 0 Å². The number of hydrogen-bond acceptors (Lipinski definition) is 5. The van der Waals surface area contributed by atoms with Crippen molar-refractivity contribution >= 4 is 28.8 Å². The van der Waals surface area contributed by atoms with Crippen LogP contribution in [0.4, 0.5) is 15.9 Å². The van der Waals surface area contributed by atoms with Gasteiger partial charge in [0.1, 0.15) is 11.6 Å². The molecular formula is C18H13ClFN5O. The number of anilines is 2. The van der Waals surface area contributed by atoms with Gasteiger partial charge in [0, 0.05) is 11.4 Å². The Morgan fingerprint density at radius 1 is 1.04 bits per heavy atom. The van der Waals surface area contributed by atoms with Crippen LogP contribution in [0.25, 0.3) is 5.65 Å². The smallest absolute Gasteiger partial charge is 0.178 e. The molecule has 0 saturated heterocycles. The average molecular weight is 370 g/mol. The number of phenolic OH excluding ortho intramolecular Hbond substituents is 1. The maximum atomic E-state index is 13.9. The summed E-state index contributed by atoms with van der Waals surface area (Å²) in [5.41, 5.74) is 1.77. The number of aromatic nitrogens is 4. The van der Waals surface area contributed by atoms with Crippen LogP contribution in [0, 0.1) is 5.82 Å². The summed E-state index contributed by atoms with van der Waals surface area (Å²) in [4.78, 5) is 0. The van der Waals surface area contributed by atoms with Gasteiger partial charge in [0.05, 0.1) is 5.69 Å². The molecule has 2 heterocycles. The molecule has 2 aromatic carbocycles. The van der Waals surface area contributed by atoms with Gasteiger partial charge in [-0.1, -0.05) is 23.7 Å². The molecule has 26 heavy (non-hydrogen) atoms. The van der Waals surface area contributed by atoms with Crippen molar-refractivity contribution in [3.05, 3.63) is 76.8 Å². The van der Waals surface area contributed by atoms with Crippen LogP contribution in [-0.4, -0.2) is 24.9 Å². The fraction of sp³-hybridized carbons (Fsp3) is 0.0556. The minimum absolute atomic E-state index is 0.202. The van der Waals surface area contributed by atoms with E-state index < -0.39 is 5.82 Å². The first-order chi connectivity index (χ1) is 12.6. The molecule has 2 aromatic heterocycles. The number of halogens is 2. The van der Waals surface area contributed by atoms with Gasteiger partial charge in [-0.2, -0.15) is 4.52 Å². The van der Waals surface area contributed by atoms with Gasteiger partial charge in [0.25, 0.3) is 0 Å². The fourth-order valence-corrected chi connectivity index (χ4v) is 2.71. The van der Waals surface area contributed by atoms with E-state index in [0.29, 0.717) is 28.7 Å². The summed E-state index contributed by atoms with van der Waals surface area (Å²) in [6.07, 6.45) is 0.490. The van der Waals surface area contributed by atoms with Gasteiger partial charge in [-0.15, -0.1) is 15.3 Å². The molecule has 4 rings (SSSR count). The molecule has 0 radical (unpaired) electrons. The van der Waals surface area contributed by atoms with Crippen molar-refractivity contribution in [3.63, 3.8) is 0 Å². The Morgan fingerprint density at radius 2 is 1.85 bits per heavy atom. The lowest BCUT2D eigenvalue weighted by Crippen LogP contribution is -2.04. The van der Waals surface area contributed by atoms with E-state index in [1.54, 1.807) is 40.9 Å². The van der Waals surface area contributed by atoms with E-state index in [1.165, 1.54) is 18.2 Å². The van der Waals surface area contributed by atoms with Gasteiger partial charge in [-0.05, 0) is 48.0 Å². The molecule has 2 N–H and O–H groups in total. The first kappa shape index (κ1) is 16.3. The van der Waals surface area contributed by atoms with E-state index in [1.807, 2.05) is 0 Å². The Balaban J connectivity index is 1.65.